The lowest BCUT2D eigenvalue weighted by Crippen LogP contribution is -2.46. The third kappa shape index (κ3) is 3.59. The molecular formula is C17H24N4O3S. The molecule has 0 radical (unpaired) electrons. The summed E-state index contributed by atoms with van der Waals surface area (Å²) in [7, 11) is 1.63. The van der Waals surface area contributed by atoms with E-state index in [0.717, 1.165) is 12.3 Å². The zero-order chi connectivity index (χ0) is 17.9. The normalized spacial score (nSPS) is 26.2. The van der Waals surface area contributed by atoms with Gasteiger partial charge >= 0.3 is 0 Å². The standard InChI is InChI=1S/C17H24N4O3S/c1-3-13-20-17(15(23)21(13)9-10-24-2)6-4-12(5-7-17)14(22)19-16-18-8-11-25-16/h8,11-12H,3-7,9-10H2,1-2H3,(H,18,19,22). The molecule has 8 heteroatoms. The summed E-state index contributed by atoms with van der Waals surface area (Å²) in [5, 5.41) is 5.32. The molecule has 1 aromatic rings. The van der Waals surface area contributed by atoms with Crippen LogP contribution in [0.2, 0.25) is 0 Å². The maximum atomic E-state index is 12.9. The van der Waals surface area contributed by atoms with Gasteiger partial charge in [-0.2, -0.15) is 0 Å². The molecule has 1 spiro atoms. The molecule has 3 rings (SSSR count). The van der Waals surface area contributed by atoms with E-state index in [0.29, 0.717) is 44.0 Å². The highest BCUT2D eigenvalue weighted by Crippen LogP contribution is 2.40. The van der Waals surface area contributed by atoms with Crippen molar-refractivity contribution in [2.24, 2.45) is 10.9 Å². The van der Waals surface area contributed by atoms with Crippen molar-refractivity contribution in [3.63, 3.8) is 0 Å². The zero-order valence-electron chi connectivity index (χ0n) is 14.7. The van der Waals surface area contributed by atoms with Gasteiger partial charge in [0.05, 0.1) is 13.2 Å². The Labute approximate surface area is 151 Å². The molecule has 136 valence electrons. The number of aliphatic imine (C=N–C) groups is 1. The van der Waals surface area contributed by atoms with Gasteiger partial charge in [-0.3, -0.25) is 19.5 Å². The Morgan fingerprint density at radius 1 is 1.48 bits per heavy atom. The second kappa shape index (κ2) is 7.61. The molecule has 1 aliphatic carbocycles. The number of thiazole rings is 1. The maximum Gasteiger partial charge on any atom is 0.255 e. The van der Waals surface area contributed by atoms with Crippen molar-refractivity contribution >= 4 is 34.1 Å². The van der Waals surface area contributed by atoms with Crippen LogP contribution in [0.25, 0.3) is 0 Å². The predicted octanol–water partition coefficient (Wildman–Crippen LogP) is 2.31. The lowest BCUT2D eigenvalue weighted by Gasteiger charge is -2.33. The molecule has 25 heavy (non-hydrogen) atoms. The van der Waals surface area contributed by atoms with E-state index < -0.39 is 5.54 Å². The van der Waals surface area contributed by atoms with Gasteiger partial charge in [-0.1, -0.05) is 6.92 Å². The summed E-state index contributed by atoms with van der Waals surface area (Å²) in [5.74, 6) is 0.815. The molecule has 0 atom stereocenters. The largest absolute Gasteiger partial charge is 0.383 e. The molecule has 0 bridgehead atoms. The number of methoxy groups -OCH3 is 1. The number of nitrogens with one attached hydrogen (secondary N) is 1. The van der Waals surface area contributed by atoms with Crippen molar-refractivity contribution in [2.75, 3.05) is 25.6 Å². The monoisotopic (exact) mass is 364 g/mol. The second-order valence-electron chi connectivity index (χ2n) is 6.46. The quantitative estimate of drug-likeness (QED) is 0.839. The minimum Gasteiger partial charge on any atom is -0.383 e. The third-order valence-electron chi connectivity index (χ3n) is 4.98. The lowest BCUT2D eigenvalue weighted by atomic mass is 9.76. The summed E-state index contributed by atoms with van der Waals surface area (Å²) < 4.78 is 5.11. The maximum absolute atomic E-state index is 12.9. The van der Waals surface area contributed by atoms with E-state index in [1.807, 2.05) is 12.3 Å². The number of hydrogen-bond acceptors (Lipinski definition) is 6. The second-order valence-corrected chi connectivity index (χ2v) is 7.36. The van der Waals surface area contributed by atoms with E-state index in [2.05, 4.69) is 10.3 Å². The first kappa shape index (κ1) is 18.0. The summed E-state index contributed by atoms with van der Waals surface area (Å²) in [6, 6.07) is 0. The molecule has 0 aromatic carbocycles. The van der Waals surface area contributed by atoms with E-state index in [4.69, 9.17) is 9.73 Å². The number of carbonyl (C=O) groups excluding carboxylic acids is 2. The van der Waals surface area contributed by atoms with Crippen LogP contribution in [0, 0.1) is 5.92 Å². The van der Waals surface area contributed by atoms with Crippen LogP contribution in [0.15, 0.2) is 16.6 Å². The summed E-state index contributed by atoms with van der Waals surface area (Å²) in [6.07, 6.45) is 4.97. The van der Waals surface area contributed by atoms with Crippen LogP contribution in [0.3, 0.4) is 0 Å². The summed E-state index contributed by atoms with van der Waals surface area (Å²) in [6.45, 7) is 3.05. The van der Waals surface area contributed by atoms with E-state index in [1.165, 1.54) is 11.3 Å². The van der Waals surface area contributed by atoms with Gasteiger partial charge < -0.3 is 10.1 Å². The van der Waals surface area contributed by atoms with Crippen LogP contribution in [0.4, 0.5) is 5.13 Å². The Morgan fingerprint density at radius 2 is 2.24 bits per heavy atom. The van der Waals surface area contributed by atoms with Crippen LogP contribution in [-0.4, -0.2) is 53.3 Å². The van der Waals surface area contributed by atoms with E-state index in [9.17, 15) is 9.59 Å². The van der Waals surface area contributed by atoms with Gasteiger partial charge in [-0.15, -0.1) is 11.3 Å². The number of amidine groups is 1. The first-order valence-corrected chi connectivity index (χ1v) is 9.57. The highest BCUT2D eigenvalue weighted by Gasteiger charge is 2.50. The smallest absolute Gasteiger partial charge is 0.255 e. The van der Waals surface area contributed by atoms with Crippen LogP contribution in [0.5, 0.6) is 0 Å². The van der Waals surface area contributed by atoms with Crippen molar-refractivity contribution in [3.05, 3.63) is 11.6 Å². The van der Waals surface area contributed by atoms with Crippen molar-refractivity contribution in [3.8, 4) is 0 Å². The number of nitrogens with zero attached hydrogens (tertiary/aromatic N) is 3. The summed E-state index contributed by atoms with van der Waals surface area (Å²) in [5.41, 5.74) is -0.670. The van der Waals surface area contributed by atoms with Gasteiger partial charge in [0.15, 0.2) is 5.13 Å². The Morgan fingerprint density at radius 3 is 2.84 bits per heavy atom. The lowest BCUT2D eigenvalue weighted by molar-refractivity contribution is -0.134. The fourth-order valence-corrected chi connectivity index (χ4v) is 4.11. The Bertz CT molecular complexity index is 651. The van der Waals surface area contributed by atoms with E-state index in [-0.39, 0.29) is 17.7 Å². The number of aromatic nitrogens is 1. The number of carbonyl (C=O) groups is 2. The summed E-state index contributed by atoms with van der Waals surface area (Å²) >= 11 is 1.41. The predicted molar refractivity (Wildman–Crippen MR) is 96.7 cm³/mol. The summed E-state index contributed by atoms with van der Waals surface area (Å²) in [4.78, 5) is 35.9. The van der Waals surface area contributed by atoms with Crippen molar-refractivity contribution < 1.29 is 14.3 Å². The molecule has 2 aliphatic rings. The van der Waals surface area contributed by atoms with E-state index >= 15 is 0 Å². The van der Waals surface area contributed by atoms with E-state index in [1.54, 1.807) is 18.2 Å². The average molecular weight is 364 g/mol. The first-order chi connectivity index (χ1) is 12.1. The Kier molecular flexibility index (Phi) is 5.48. The van der Waals surface area contributed by atoms with Crippen LogP contribution >= 0.6 is 11.3 Å². The van der Waals surface area contributed by atoms with Crippen LogP contribution in [-0.2, 0) is 14.3 Å². The Balaban J connectivity index is 1.63. The first-order valence-electron chi connectivity index (χ1n) is 8.69. The average Bonchev–Trinajstić information content (AvgIpc) is 3.22. The highest BCUT2D eigenvalue weighted by molar-refractivity contribution is 7.13. The SMILES string of the molecule is CCC1=NC2(CCC(C(=O)Nc3nccs3)CC2)C(=O)N1CCOC. The minimum absolute atomic E-state index is 0.00817. The molecule has 0 saturated heterocycles. The van der Waals surface area contributed by atoms with Crippen LogP contribution < -0.4 is 5.32 Å². The molecule has 1 aromatic heterocycles. The molecule has 1 aliphatic heterocycles. The number of anilines is 1. The van der Waals surface area contributed by atoms with Gasteiger partial charge in [0.25, 0.3) is 5.91 Å². The number of rotatable bonds is 6. The molecule has 1 fully saturated rings. The Hall–Kier alpha value is -1.80. The molecule has 0 unspecified atom stereocenters. The fourth-order valence-electron chi connectivity index (χ4n) is 3.58. The van der Waals surface area contributed by atoms with Crippen molar-refractivity contribution in [2.45, 2.75) is 44.6 Å². The molecule has 2 heterocycles. The fraction of sp³-hybridized carbons (Fsp3) is 0.647. The van der Waals surface area contributed by atoms with Crippen molar-refractivity contribution in [1.29, 1.82) is 0 Å². The molecule has 7 nitrogen and oxygen atoms in total. The number of ether oxygens (including phenoxy) is 1. The molecule has 1 saturated carbocycles. The highest BCUT2D eigenvalue weighted by atomic mass is 32.1. The minimum atomic E-state index is -0.670. The molecule has 1 N–H and O–H groups in total. The van der Waals surface area contributed by atoms with Gasteiger partial charge in [0.2, 0.25) is 5.91 Å². The van der Waals surface area contributed by atoms with Crippen molar-refractivity contribution in [1.82, 2.24) is 9.88 Å². The molecular weight excluding hydrogens is 340 g/mol. The van der Waals surface area contributed by atoms with Gasteiger partial charge in [-0.25, -0.2) is 4.98 Å². The van der Waals surface area contributed by atoms with Gasteiger partial charge in [0.1, 0.15) is 11.4 Å². The number of hydrogen-bond donors (Lipinski definition) is 1. The third-order valence-corrected chi connectivity index (χ3v) is 5.67. The topological polar surface area (TPSA) is 83.9 Å². The zero-order valence-corrected chi connectivity index (χ0v) is 15.5. The van der Waals surface area contributed by atoms with Gasteiger partial charge in [-0.05, 0) is 25.7 Å². The number of amides is 2. The molecule has 2 amide bonds. The van der Waals surface area contributed by atoms with Gasteiger partial charge in [0, 0.05) is 31.0 Å². The van der Waals surface area contributed by atoms with Crippen LogP contribution in [0.1, 0.15) is 39.0 Å².